The van der Waals surface area contributed by atoms with Gasteiger partial charge in [-0.1, -0.05) is 53.6 Å². The van der Waals surface area contributed by atoms with Gasteiger partial charge in [0.1, 0.15) is 0 Å². The molecule has 27 heavy (non-hydrogen) atoms. The highest BCUT2D eigenvalue weighted by atomic mass is 16.6. The lowest BCUT2D eigenvalue weighted by molar-refractivity contribution is 0.0630. The largest absolute Gasteiger partial charge is 0.494 e. The highest BCUT2D eigenvalue weighted by Crippen LogP contribution is 2.27. The fraction of sp³-hybridized carbons (Fsp3) is 0.429. The molecule has 4 rings (SSSR count). The van der Waals surface area contributed by atoms with E-state index in [2.05, 4.69) is 63.2 Å². The molecule has 2 aromatic rings. The first-order valence-electron chi connectivity index (χ1n) is 9.72. The lowest BCUT2D eigenvalue weighted by Crippen LogP contribution is -2.47. The summed E-state index contributed by atoms with van der Waals surface area (Å²) in [6.45, 7) is 9.65. The maximum atomic E-state index is 6.22. The van der Waals surface area contributed by atoms with Crippen LogP contribution < -0.4 is 10.9 Å². The third kappa shape index (κ3) is 4.14. The molecule has 2 aliphatic heterocycles. The van der Waals surface area contributed by atoms with Gasteiger partial charge in [-0.3, -0.25) is 0 Å². The molecule has 2 heterocycles. The van der Waals surface area contributed by atoms with Gasteiger partial charge in [-0.2, -0.15) is 0 Å². The summed E-state index contributed by atoms with van der Waals surface area (Å²) < 4.78 is 23.7. The normalized spacial score (nSPS) is 25.9. The van der Waals surface area contributed by atoms with Crippen LogP contribution in [0.5, 0.6) is 0 Å². The number of hydrogen-bond acceptors (Lipinski definition) is 4. The van der Waals surface area contributed by atoms with Crippen molar-refractivity contribution in [3.05, 3.63) is 59.2 Å². The molecule has 2 fully saturated rings. The summed E-state index contributed by atoms with van der Waals surface area (Å²) in [6, 6.07) is 14.9. The Hall–Kier alpha value is -1.59. The van der Waals surface area contributed by atoms with Gasteiger partial charge in [0.15, 0.2) is 0 Å². The summed E-state index contributed by atoms with van der Waals surface area (Å²) in [4.78, 5) is 0. The minimum atomic E-state index is -0.295. The van der Waals surface area contributed by atoms with Crippen LogP contribution in [0.15, 0.2) is 42.5 Å². The molecular weight excluding hydrogens is 338 g/mol. The van der Waals surface area contributed by atoms with E-state index < -0.39 is 0 Å². The van der Waals surface area contributed by atoms with Crippen molar-refractivity contribution in [1.82, 2.24) is 0 Å². The van der Waals surface area contributed by atoms with E-state index in [4.69, 9.17) is 18.6 Å². The molecule has 140 valence electrons. The van der Waals surface area contributed by atoms with Crippen molar-refractivity contribution >= 4 is 25.2 Å². The number of rotatable bonds is 3. The van der Waals surface area contributed by atoms with Gasteiger partial charge < -0.3 is 18.6 Å². The van der Waals surface area contributed by atoms with Crippen LogP contribution >= 0.6 is 0 Å². The standard InChI is InChI=1S/C21H26B2O4/c1-14-9-15(2)11-20(10-14)23-25-13-21(17(4)27-23)18-5-7-19(8-6-18)22-24-12-16(3)26-22/h5-11,16-17,21H,12-13H2,1-4H3. The maximum absolute atomic E-state index is 6.22. The van der Waals surface area contributed by atoms with Crippen molar-refractivity contribution in [1.29, 1.82) is 0 Å². The van der Waals surface area contributed by atoms with E-state index >= 15 is 0 Å². The van der Waals surface area contributed by atoms with E-state index in [9.17, 15) is 0 Å². The molecular formula is C21H26B2O4. The summed E-state index contributed by atoms with van der Waals surface area (Å²) in [6.07, 6.45) is 0.228. The molecule has 4 nitrogen and oxygen atoms in total. The maximum Gasteiger partial charge on any atom is 0.494 e. The molecule has 0 bridgehead atoms. The van der Waals surface area contributed by atoms with Crippen LogP contribution in [0, 0.1) is 13.8 Å². The third-order valence-corrected chi connectivity index (χ3v) is 5.32. The summed E-state index contributed by atoms with van der Waals surface area (Å²) >= 11 is 0. The quantitative estimate of drug-likeness (QED) is 0.784. The van der Waals surface area contributed by atoms with Crippen molar-refractivity contribution in [2.75, 3.05) is 13.2 Å². The molecule has 0 amide bonds. The molecule has 0 N–H and O–H groups in total. The molecule has 3 atom stereocenters. The molecule has 0 aromatic heterocycles. The molecule has 0 radical (unpaired) electrons. The van der Waals surface area contributed by atoms with Gasteiger partial charge in [-0.15, -0.1) is 0 Å². The van der Waals surface area contributed by atoms with Gasteiger partial charge >= 0.3 is 14.2 Å². The predicted octanol–water partition coefficient (Wildman–Crippen LogP) is 2.35. The van der Waals surface area contributed by atoms with E-state index in [0.717, 1.165) is 10.9 Å². The molecule has 2 aliphatic rings. The summed E-state index contributed by atoms with van der Waals surface area (Å²) in [5.74, 6) is 0.213. The Balaban J connectivity index is 1.43. The second-order valence-electron chi connectivity index (χ2n) is 7.81. The zero-order valence-electron chi connectivity index (χ0n) is 16.5. The van der Waals surface area contributed by atoms with Gasteiger partial charge in [0.2, 0.25) is 0 Å². The Morgan fingerprint density at radius 3 is 2.00 bits per heavy atom. The Kier molecular flexibility index (Phi) is 5.42. The number of hydrogen-bond donors (Lipinski definition) is 0. The monoisotopic (exact) mass is 364 g/mol. The minimum Gasteiger partial charge on any atom is -0.407 e. The second-order valence-corrected chi connectivity index (χ2v) is 7.81. The fourth-order valence-electron chi connectivity index (χ4n) is 3.93. The van der Waals surface area contributed by atoms with Crippen LogP contribution in [0.3, 0.4) is 0 Å². The highest BCUT2D eigenvalue weighted by Gasteiger charge is 2.36. The van der Waals surface area contributed by atoms with E-state index in [1.807, 2.05) is 6.92 Å². The average Bonchev–Trinajstić information content (AvgIpc) is 3.07. The molecule has 0 saturated carbocycles. The van der Waals surface area contributed by atoms with E-state index in [0.29, 0.717) is 13.2 Å². The van der Waals surface area contributed by atoms with Crippen LogP contribution in [0.25, 0.3) is 0 Å². The van der Waals surface area contributed by atoms with Gasteiger partial charge in [-0.05, 0) is 44.2 Å². The lowest BCUT2D eigenvalue weighted by Gasteiger charge is -2.34. The van der Waals surface area contributed by atoms with Crippen molar-refractivity contribution in [2.24, 2.45) is 0 Å². The predicted molar refractivity (Wildman–Crippen MR) is 109 cm³/mol. The number of benzene rings is 2. The molecule has 3 unspecified atom stereocenters. The topological polar surface area (TPSA) is 36.9 Å². The third-order valence-electron chi connectivity index (χ3n) is 5.32. The second kappa shape index (κ2) is 7.80. The van der Waals surface area contributed by atoms with Crippen LogP contribution in [-0.2, 0) is 18.6 Å². The van der Waals surface area contributed by atoms with Crippen LogP contribution in [0.4, 0.5) is 0 Å². The molecule has 2 saturated heterocycles. The Morgan fingerprint density at radius 1 is 0.778 bits per heavy atom. The molecule has 6 heteroatoms. The zero-order chi connectivity index (χ0) is 19.0. The van der Waals surface area contributed by atoms with E-state index in [1.165, 1.54) is 16.7 Å². The highest BCUT2D eigenvalue weighted by molar-refractivity contribution is 6.62. The summed E-state index contributed by atoms with van der Waals surface area (Å²) in [7, 11) is -0.546. The first-order chi connectivity index (χ1) is 13.0. The minimum absolute atomic E-state index is 0.0782. The van der Waals surface area contributed by atoms with E-state index in [1.54, 1.807) is 0 Å². The molecule has 0 spiro atoms. The van der Waals surface area contributed by atoms with E-state index in [-0.39, 0.29) is 32.4 Å². The smallest absolute Gasteiger partial charge is 0.407 e. The first-order valence-corrected chi connectivity index (χ1v) is 9.72. The van der Waals surface area contributed by atoms with Crippen molar-refractivity contribution < 1.29 is 18.6 Å². The summed E-state index contributed by atoms with van der Waals surface area (Å²) in [5.41, 5.74) is 5.83. The Bertz CT molecular complexity index is 775. The van der Waals surface area contributed by atoms with Gasteiger partial charge in [0.05, 0.1) is 12.7 Å². The summed E-state index contributed by atoms with van der Waals surface area (Å²) in [5, 5.41) is 0. The van der Waals surface area contributed by atoms with Crippen molar-refractivity contribution in [2.45, 2.75) is 45.8 Å². The SMILES string of the molecule is Cc1cc(C)cc(B2OCC(c3ccc(B4OCC(C)O4)cc3)C(C)O2)c1. The van der Waals surface area contributed by atoms with Gasteiger partial charge in [0, 0.05) is 18.6 Å². The fourth-order valence-corrected chi connectivity index (χ4v) is 3.93. The van der Waals surface area contributed by atoms with Crippen LogP contribution in [-0.4, -0.2) is 39.7 Å². The van der Waals surface area contributed by atoms with Gasteiger partial charge in [-0.25, -0.2) is 0 Å². The number of aryl methyl sites for hydroxylation is 2. The zero-order valence-corrected chi connectivity index (χ0v) is 16.5. The Labute approximate surface area is 162 Å². The van der Waals surface area contributed by atoms with Gasteiger partial charge in [0.25, 0.3) is 0 Å². The van der Waals surface area contributed by atoms with Crippen molar-refractivity contribution in [3.63, 3.8) is 0 Å². The van der Waals surface area contributed by atoms with Crippen LogP contribution in [0.1, 0.15) is 36.5 Å². The lowest BCUT2D eigenvalue weighted by atomic mass is 9.74. The van der Waals surface area contributed by atoms with Crippen molar-refractivity contribution in [3.8, 4) is 0 Å². The molecule has 0 aliphatic carbocycles. The first kappa shape index (κ1) is 18.8. The van der Waals surface area contributed by atoms with Crippen LogP contribution in [0.2, 0.25) is 0 Å². The molecule has 2 aromatic carbocycles. The average molecular weight is 364 g/mol. The Morgan fingerprint density at radius 2 is 1.41 bits per heavy atom.